The zero-order chi connectivity index (χ0) is 15.5. The molecule has 1 atom stereocenters. The topological polar surface area (TPSA) is 91.7 Å². The first-order valence-corrected chi connectivity index (χ1v) is 6.97. The summed E-state index contributed by atoms with van der Waals surface area (Å²) >= 11 is 0. The summed E-state index contributed by atoms with van der Waals surface area (Å²) in [5.41, 5.74) is 1.84. The van der Waals surface area contributed by atoms with Gasteiger partial charge in [-0.2, -0.15) is 0 Å². The Labute approximate surface area is 127 Å². The van der Waals surface area contributed by atoms with Crippen molar-refractivity contribution in [2.45, 2.75) is 18.9 Å². The Morgan fingerprint density at radius 1 is 1.41 bits per heavy atom. The minimum absolute atomic E-state index is 0.0715. The number of nitrogens with zero attached hydrogens (tertiary/aromatic N) is 1. The van der Waals surface area contributed by atoms with Crippen LogP contribution >= 0.6 is 0 Å². The number of rotatable bonds is 4. The molecule has 0 amide bonds. The van der Waals surface area contributed by atoms with Crippen LogP contribution in [0.2, 0.25) is 0 Å². The molecule has 2 heterocycles. The smallest absolute Gasteiger partial charge is 0.534 e. The van der Waals surface area contributed by atoms with E-state index in [9.17, 15) is 9.82 Å². The van der Waals surface area contributed by atoms with Gasteiger partial charge in [0.25, 0.3) is 0 Å². The van der Waals surface area contributed by atoms with Gasteiger partial charge in [-0.25, -0.2) is 4.79 Å². The highest BCUT2D eigenvalue weighted by atomic mass is 16.5. The maximum absolute atomic E-state index is 11.2. The molecule has 0 radical (unpaired) electrons. The molecule has 0 fully saturated rings. The van der Waals surface area contributed by atoms with Crippen molar-refractivity contribution in [3.05, 3.63) is 59.4 Å². The molecule has 0 saturated heterocycles. The van der Waals surface area contributed by atoms with Gasteiger partial charge in [-0.15, -0.1) is 0 Å². The Morgan fingerprint density at radius 2 is 2.27 bits per heavy atom. The van der Waals surface area contributed by atoms with E-state index in [1.54, 1.807) is 18.5 Å². The third-order valence-electron chi connectivity index (χ3n) is 3.64. The Balaban J connectivity index is 1.74. The quantitative estimate of drug-likeness (QED) is 0.726. The van der Waals surface area contributed by atoms with Crippen molar-refractivity contribution in [2.75, 3.05) is 0 Å². The fraction of sp³-hybridized carbons (Fsp3) is 0.200. The molecule has 6 nitrogen and oxygen atoms in total. The maximum atomic E-state index is 11.2. The van der Waals surface area contributed by atoms with Gasteiger partial charge in [0.2, 0.25) is 0 Å². The van der Waals surface area contributed by atoms with Gasteiger partial charge in [-0.1, -0.05) is 18.2 Å². The molecule has 7 heteroatoms. The molecule has 0 spiro atoms. The van der Waals surface area contributed by atoms with Crippen molar-refractivity contribution in [3.8, 4) is 5.75 Å². The molecule has 2 aromatic rings. The maximum Gasteiger partial charge on any atom is 0.541 e. The van der Waals surface area contributed by atoms with Crippen LogP contribution in [0.15, 0.2) is 42.7 Å². The highest BCUT2D eigenvalue weighted by Gasteiger charge is 2.36. The number of aromatic carboxylic acids is 1. The van der Waals surface area contributed by atoms with Gasteiger partial charge in [0, 0.05) is 18.9 Å². The van der Waals surface area contributed by atoms with Crippen LogP contribution in [0.1, 0.15) is 21.5 Å². The van der Waals surface area contributed by atoms with Gasteiger partial charge in [0.15, 0.2) is 0 Å². The minimum Gasteiger partial charge on any atom is -0.534 e. The summed E-state index contributed by atoms with van der Waals surface area (Å²) in [5.74, 6) is -1.12. The first-order valence-electron chi connectivity index (χ1n) is 6.97. The number of para-hydroxylation sites is 1. The largest absolute Gasteiger partial charge is 0.541 e. The molecule has 22 heavy (non-hydrogen) atoms. The molecule has 112 valence electrons. The number of pyridine rings is 1. The summed E-state index contributed by atoms with van der Waals surface area (Å²) in [7, 11) is -1.09. The number of aromatic nitrogens is 1. The molecule has 1 aromatic carbocycles. The molecule has 0 aliphatic carbocycles. The van der Waals surface area contributed by atoms with E-state index in [1.165, 1.54) is 6.07 Å². The van der Waals surface area contributed by atoms with Crippen LogP contribution in [0.3, 0.4) is 0 Å². The van der Waals surface area contributed by atoms with Gasteiger partial charge in [-0.3, -0.25) is 4.98 Å². The number of carbonyl (C=O) groups is 1. The van der Waals surface area contributed by atoms with Crippen molar-refractivity contribution in [1.82, 2.24) is 10.3 Å². The number of hydrogen-bond donors (Lipinski definition) is 3. The van der Waals surface area contributed by atoms with Crippen molar-refractivity contribution in [2.24, 2.45) is 0 Å². The molecule has 3 rings (SSSR count). The van der Waals surface area contributed by atoms with E-state index in [4.69, 9.17) is 9.76 Å². The second kappa shape index (κ2) is 6.17. The summed E-state index contributed by atoms with van der Waals surface area (Å²) in [5, 5.41) is 22.5. The monoisotopic (exact) mass is 298 g/mol. The summed E-state index contributed by atoms with van der Waals surface area (Å²) in [6.45, 7) is 0.548. The molecule has 0 saturated carbocycles. The van der Waals surface area contributed by atoms with Crippen LogP contribution < -0.4 is 9.97 Å². The van der Waals surface area contributed by atoms with E-state index in [2.05, 4.69) is 10.3 Å². The van der Waals surface area contributed by atoms with Crippen molar-refractivity contribution >= 4 is 13.1 Å². The molecule has 0 bridgehead atoms. The molecule has 0 unspecified atom stereocenters. The van der Waals surface area contributed by atoms with Crippen LogP contribution in [0.5, 0.6) is 5.75 Å². The molecule has 1 aromatic heterocycles. The Hall–Kier alpha value is -2.38. The SMILES string of the molecule is O=C(O)c1cccc2c1OB(O)[C@@H](NCc1cccnc1)C2. The fourth-order valence-electron chi connectivity index (χ4n) is 2.52. The zero-order valence-corrected chi connectivity index (χ0v) is 11.8. The van der Waals surface area contributed by atoms with Crippen molar-refractivity contribution < 1.29 is 19.6 Å². The summed E-state index contributed by atoms with van der Waals surface area (Å²) in [6, 6.07) is 8.75. The standard InChI is InChI=1S/C15H15BN2O4/c19-15(20)12-5-1-4-11-7-13(16(21)22-14(11)12)18-9-10-3-2-6-17-8-10/h1-6,8,13,18,21H,7,9H2,(H,19,20)/t13-/m0/s1. The van der Waals surface area contributed by atoms with Gasteiger partial charge in [0.05, 0.1) is 11.5 Å². The number of carboxylic acids is 1. The molecule has 1 aliphatic rings. The normalized spacial score (nSPS) is 16.8. The van der Waals surface area contributed by atoms with Gasteiger partial charge in [0.1, 0.15) is 5.75 Å². The van der Waals surface area contributed by atoms with E-state index in [1.807, 2.05) is 18.2 Å². The van der Waals surface area contributed by atoms with Crippen molar-refractivity contribution in [1.29, 1.82) is 0 Å². The van der Waals surface area contributed by atoms with E-state index in [-0.39, 0.29) is 17.3 Å². The highest BCUT2D eigenvalue weighted by Crippen LogP contribution is 2.30. The lowest BCUT2D eigenvalue weighted by Crippen LogP contribution is -2.51. The second-order valence-corrected chi connectivity index (χ2v) is 5.16. The summed E-state index contributed by atoms with van der Waals surface area (Å²) in [6.07, 6.45) is 3.95. The predicted octanol–water partition coefficient (Wildman–Crippen LogP) is 0.893. The predicted molar refractivity (Wildman–Crippen MR) is 80.6 cm³/mol. The molecular formula is C15H15BN2O4. The Bertz CT molecular complexity index is 680. The van der Waals surface area contributed by atoms with Gasteiger partial charge < -0.3 is 20.1 Å². The zero-order valence-electron chi connectivity index (χ0n) is 11.8. The number of benzene rings is 1. The van der Waals surface area contributed by atoms with Crippen LogP contribution in [-0.2, 0) is 13.0 Å². The van der Waals surface area contributed by atoms with Gasteiger partial charge in [-0.05, 0) is 29.7 Å². The van der Waals surface area contributed by atoms with Crippen LogP contribution in [0, 0.1) is 0 Å². The average Bonchev–Trinajstić information content (AvgIpc) is 2.53. The van der Waals surface area contributed by atoms with E-state index in [0.717, 1.165) is 11.1 Å². The third kappa shape index (κ3) is 2.95. The molecule has 3 N–H and O–H groups in total. The fourth-order valence-corrected chi connectivity index (χ4v) is 2.52. The first kappa shape index (κ1) is 14.6. The lowest BCUT2D eigenvalue weighted by atomic mass is 9.72. The van der Waals surface area contributed by atoms with Crippen molar-refractivity contribution in [3.63, 3.8) is 0 Å². The van der Waals surface area contributed by atoms with E-state index < -0.39 is 13.1 Å². The Morgan fingerprint density at radius 3 is 3.00 bits per heavy atom. The average molecular weight is 298 g/mol. The lowest BCUT2D eigenvalue weighted by Gasteiger charge is -2.29. The van der Waals surface area contributed by atoms with E-state index in [0.29, 0.717) is 13.0 Å². The van der Waals surface area contributed by atoms with E-state index >= 15 is 0 Å². The molecule has 1 aliphatic heterocycles. The third-order valence-corrected chi connectivity index (χ3v) is 3.64. The second-order valence-electron chi connectivity index (χ2n) is 5.16. The highest BCUT2D eigenvalue weighted by molar-refractivity contribution is 6.46. The summed E-state index contributed by atoms with van der Waals surface area (Å²) in [4.78, 5) is 15.2. The molecular weight excluding hydrogens is 283 g/mol. The number of nitrogens with one attached hydrogen (secondary N) is 1. The number of carboxylic acid groups (broad SMARTS) is 1. The number of hydrogen-bond acceptors (Lipinski definition) is 5. The minimum atomic E-state index is -1.09. The Kier molecular flexibility index (Phi) is 4.08. The van der Waals surface area contributed by atoms with Gasteiger partial charge >= 0.3 is 13.1 Å². The van der Waals surface area contributed by atoms with Crippen LogP contribution in [0.4, 0.5) is 0 Å². The van der Waals surface area contributed by atoms with Crippen LogP contribution in [-0.4, -0.2) is 34.1 Å². The first-order chi connectivity index (χ1) is 10.6. The summed E-state index contributed by atoms with van der Waals surface area (Å²) < 4.78 is 5.42. The number of fused-ring (bicyclic) bond motifs is 1. The lowest BCUT2D eigenvalue weighted by molar-refractivity contribution is 0.0694. The van der Waals surface area contributed by atoms with Crippen LogP contribution in [0.25, 0.3) is 0 Å².